The molecule has 0 amide bonds. The zero-order valence-electron chi connectivity index (χ0n) is 9.00. The Morgan fingerprint density at radius 1 is 1.57 bits per heavy atom. The van der Waals surface area contributed by atoms with Crippen molar-refractivity contribution in [2.45, 2.75) is 20.8 Å². The summed E-state index contributed by atoms with van der Waals surface area (Å²) in [7, 11) is 1.40. The van der Waals surface area contributed by atoms with Crippen molar-refractivity contribution < 1.29 is 9.53 Å². The second-order valence-electron chi connectivity index (χ2n) is 4.31. The summed E-state index contributed by atoms with van der Waals surface area (Å²) in [5.74, 6) is -0.118. The summed E-state index contributed by atoms with van der Waals surface area (Å²) in [6.07, 6.45) is 1.86. The molecule has 1 rings (SSSR count). The Bertz CT molecular complexity index is 323. The number of allylic oxidation sites excluding steroid dienone is 2. The molecule has 3 nitrogen and oxygen atoms in total. The highest BCUT2D eigenvalue weighted by Crippen LogP contribution is 2.59. The van der Waals surface area contributed by atoms with Crippen LogP contribution in [0.25, 0.3) is 0 Å². The summed E-state index contributed by atoms with van der Waals surface area (Å²) in [4.78, 5) is 11.3. The Hall–Kier alpha value is -1.30. The van der Waals surface area contributed by atoms with Gasteiger partial charge in [0.2, 0.25) is 0 Å². The molecule has 0 aliphatic heterocycles. The molecule has 1 fully saturated rings. The first-order valence-corrected chi connectivity index (χ1v) is 4.61. The Balaban J connectivity index is 2.77. The second kappa shape index (κ2) is 3.45. The van der Waals surface area contributed by atoms with Crippen molar-refractivity contribution in [1.82, 2.24) is 0 Å². The number of esters is 1. The van der Waals surface area contributed by atoms with E-state index in [1.807, 2.05) is 19.9 Å². The summed E-state index contributed by atoms with van der Waals surface area (Å²) in [5.41, 5.74) is 0.597. The molecule has 0 bridgehead atoms. The summed E-state index contributed by atoms with van der Waals surface area (Å²) < 4.78 is 4.70. The van der Waals surface area contributed by atoms with Crippen LogP contribution >= 0.6 is 0 Å². The zero-order chi connectivity index (χ0) is 10.9. The van der Waals surface area contributed by atoms with Crippen molar-refractivity contribution in [3.63, 3.8) is 0 Å². The molecule has 14 heavy (non-hydrogen) atoms. The Morgan fingerprint density at radius 2 is 2.14 bits per heavy atom. The van der Waals surface area contributed by atoms with Gasteiger partial charge < -0.3 is 4.74 Å². The Morgan fingerprint density at radius 3 is 2.57 bits per heavy atom. The number of hydrogen-bond donors (Lipinski definition) is 0. The van der Waals surface area contributed by atoms with Crippen LogP contribution in [0.3, 0.4) is 0 Å². The lowest BCUT2D eigenvalue weighted by Gasteiger charge is -1.99. The fourth-order valence-electron chi connectivity index (χ4n) is 1.87. The first-order chi connectivity index (χ1) is 6.45. The van der Waals surface area contributed by atoms with Gasteiger partial charge in [0.25, 0.3) is 0 Å². The third-order valence-corrected chi connectivity index (χ3v) is 2.97. The summed E-state index contributed by atoms with van der Waals surface area (Å²) in [6.45, 7) is 5.78. The van der Waals surface area contributed by atoms with Crippen LogP contribution in [-0.4, -0.2) is 13.1 Å². The van der Waals surface area contributed by atoms with Gasteiger partial charge in [0, 0.05) is 5.57 Å². The lowest BCUT2D eigenvalue weighted by molar-refractivity contribution is -0.143. The monoisotopic (exact) mass is 193 g/mol. The van der Waals surface area contributed by atoms with Gasteiger partial charge in [0.1, 0.15) is 0 Å². The van der Waals surface area contributed by atoms with Crippen molar-refractivity contribution in [1.29, 1.82) is 5.26 Å². The van der Waals surface area contributed by atoms with E-state index in [4.69, 9.17) is 10.00 Å². The van der Waals surface area contributed by atoms with Crippen molar-refractivity contribution in [2.24, 2.45) is 17.3 Å². The van der Waals surface area contributed by atoms with E-state index in [2.05, 4.69) is 6.07 Å². The second-order valence-corrected chi connectivity index (χ2v) is 4.31. The molecule has 0 aromatic rings. The maximum absolute atomic E-state index is 11.3. The fourth-order valence-corrected chi connectivity index (χ4v) is 1.87. The normalized spacial score (nSPS) is 29.2. The van der Waals surface area contributed by atoms with Gasteiger partial charge in [-0.1, -0.05) is 19.9 Å². The van der Waals surface area contributed by atoms with Crippen LogP contribution < -0.4 is 0 Å². The molecular formula is C11H15NO2. The van der Waals surface area contributed by atoms with Gasteiger partial charge in [-0.05, 0) is 18.3 Å². The highest BCUT2D eigenvalue weighted by atomic mass is 16.5. The highest BCUT2D eigenvalue weighted by Gasteiger charge is 2.61. The van der Waals surface area contributed by atoms with E-state index in [-0.39, 0.29) is 23.2 Å². The number of hydrogen-bond acceptors (Lipinski definition) is 3. The van der Waals surface area contributed by atoms with E-state index in [0.717, 1.165) is 0 Å². The first kappa shape index (κ1) is 10.8. The predicted octanol–water partition coefficient (Wildman–Crippen LogP) is 1.90. The molecule has 0 spiro atoms. The maximum Gasteiger partial charge on any atom is 0.309 e. The molecule has 3 heteroatoms. The number of nitrogens with zero attached hydrogens (tertiary/aromatic N) is 1. The molecule has 76 valence electrons. The lowest BCUT2D eigenvalue weighted by Crippen LogP contribution is -2.07. The molecule has 0 radical (unpaired) electrons. The van der Waals surface area contributed by atoms with Crippen LogP contribution in [0.5, 0.6) is 0 Å². The van der Waals surface area contributed by atoms with E-state index in [0.29, 0.717) is 5.57 Å². The summed E-state index contributed by atoms with van der Waals surface area (Å²) in [5, 5.41) is 8.63. The third kappa shape index (κ3) is 1.65. The van der Waals surface area contributed by atoms with Crippen molar-refractivity contribution >= 4 is 5.97 Å². The molecule has 0 heterocycles. The zero-order valence-corrected chi connectivity index (χ0v) is 9.00. The standard InChI is InChI=1S/C11H15NO2/c1-7(6-12)5-8-9(10(13)14-4)11(8,2)3/h5,8-9H,1-4H3/b7-5+. The van der Waals surface area contributed by atoms with Gasteiger partial charge in [-0.3, -0.25) is 4.79 Å². The van der Waals surface area contributed by atoms with E-state index in [1.54, 1.807) is 6.92 Å². The minimum absolute atomic E-state index is 0.0643. The molecule has 2 atom stereocenters. The number of carbonyl (C=O) groups is 1. The quantitative estimate of drug-likeness (QED) is 0.497. The number of nitriles is 1. The average Bonchev–Trinajstić information content (AvgIpc) is 2.67. The van der Waals surface area contributed by atoms with Gasteiger partial charge >= 0.3 is 5.97 Å². The average molecular weight is 193 g/mol. The summed E-state index contributed by atoms with van der Waals surface area (Å²) >= 11 is 0. The van der Waals surface area contributed by atoms with Crippen molar-refractivity contribution in [3.05, 3.63) is 11.6 Å². The van der Waals surface area contributed by atoms with E-state index in [1.165, 1.54) is 7.11 Å². The molecule has 2 unspecified atom stereocenters. The number of rotatable bonds is 2. The SMILES string of the molecule is COC(=O)C1C(/C=C(\C)C#N)C1(C)C. The molecule has 1 aliphatic rings. The minimum atomic E-state index is -0.179. The van der Waals surface area contributed by atoms with E-state index >= 15 is 0 Å². The fraction of sp³-hybridized carbons (Fsp3) is 0.636. The summed E-state index contributed by atoms with van der Waals surface area (Å²) in [6, 6.07) is 2.06. The number of carbonyl (C=O) groups excluding carboxylic acids is 1. The van der Waals surface area contributed by atoms with Gasteiger partial charge in [0.05, 0.1) is 19.1 Å². The van der Waals surface area contributed by atoms with E-state index in [9.17, 15) is 4.79 Å². The Labute approximate surface area is 84.4 Å². The Kier molecular flexibility index (Phi) is 2.66. The van der Waals surface area contributed by atoms with Crippen LogP contribution in [0.4, 0.5) is 0 Å². The molecule has 0 N–H and O–H groups in total. The number of methoxy groups -OCH3 is 1. The highest BCUT2D eigenvalue weighted by molar-refractivity contribution is 5.78. The number of ether oxygens (including phenoxy) is 1. The molecule has 1 saturated carbocycles. The molecule has 0 aromatic heterocycles. The van der Waals surface area contributed by atoms with Crippen LogP contribution in [0.1, 0.15) is 20.8 Å². The van der Waals surface area contributed by atoms with Crippen molar-refractivity contribution in [3.8, 4) is 6.07 Å². The predicted molar refractivity (Wildman–Crippen MR) is 52.1 cm³/mol. The maximum atomic E-state index is 11.3. The van der Waals surface area contributed by atoms with Gasteiger partial charge in [0.15, 0.2) is 0 Å². The topological polar surface area (TPSA) is 50.1 Å². The third-order valence-electron chi connectivity index (χ3n) is 2.97. The first-order valence-electron chi connectivity index (χ1n) is 4.61. The van der Waals surface area contributed by atoms with E-state index < -0.39 is 0 Å². The minimum Gasteiger partial charge on any atom is -0.469 e. The molecule has 1 aliphatic carbocycles. The van der Waals surface area contributed by atoms with Crippen LogP contribution in [-0.2, 0) is 9.53 Å². The van der Waals surface area contributed by atoms with Crippen LogP contribution in [0.2, 0.25) is 0 Å². The van der Waals surface area contributed by atoms with Gasteiger partial charge in [-0.15, -0.1) is 0 Å². The van der Waals surface area contributed by atoms with Crippen LogP contribution in [0, 0.1) is 28.6 Å². The van der Waals surface area contributed by atoms with Gasteiger partial charge in [-0.2, -0.15) is 5.26 Å². The lowest BCUT2D eigenvalue weighted by atomic mass is 10.1. The largest absolute Gasteiger partial charge is 0.469 e. The molecule has 0 aromatic carbocycles. The van der Waals surface area contributed by atoms with Gasteiger partial charge in [-0.25, -0.2) is 0 Å². The van der Waals surface area contributed by atoms with Crippen molar-refractivity contribution in [2.75, 3.05) is 7.11 Å². The molecule has 0 saturated heterocycles. The smallest absolute Gasteiger partial charge is 0.309 e. The molecular weight excluding hydrogens is 178 g/mol. The van der Waals surface area contributed by atoms with Crippen LogP contribution in [0.15, 0.2) is 11.6 Å².